The Bertz CT molecular complexity index is 670. The highest BCUT2D eigenvalue weighted by Gasteiger charge is 2.40. The van der Waals surface area contributed by atoms with Crippen molar-refractivity contribution in [3.63, 3.8) is 0 Å². The lowest BCUT2D eigenvalue weighted by Gasteiger charge is -2.40. The SMILES string of the molecule is CN(C)C(=O)[C@@]1(C)CN(Cc2ccc(S(C)(=O)=O)cc2)CCO1. The number of sulfone groups is 1. The molecule has 0 radical (unpaired) electrons. The Morgan fingerprint density at radius 1 is 1.30 bits per heavy atom. The largest absolute Gasteiger partial charge is 0.363 e. The Balaban J connectivity index is 2.07. The van der Waals surface area contributed by atoms with Gasteiger partial charge >= 0.3 is 0 Å². The quantitative estimate of drug-likeness (QED) is 0.810. The molecule has 1 fully saturated rings. The first-order chi connectivity index (χ1) is 10.6. The highest BCUT2D eigenvalue weighted by atomic mass is 32.2. The molecule has 1 aromatic rings. The number of ether oxygens (including phenoxy) is 1. The van der Waals surface area contributed by atoms with Gasteiger partial charge in [-0.1, -0.05) is 12.1 Å². The van der Waals surface area contributed by atoms with Crippen LogP contribution in [0.5, 0.6) is 0 Å². The number of benzene rings is 1. The summed E-state index contributed by atoms with van der Waals surface area (Å²) in [6.45, 7) is 4.22. The molecule has 1 aliphatic heterocycles. The maximum Gasteiger partial charge on any atom is 0.255 e. The van der Waals surface area contributed by atoms with Crippen molar-refractivity contribution in [2.75, 3.05) is 40.0 Å². The number of carbonyl (C=O) groups excluding carboxylic acids is 1. The van der Waals surface area contributed by atoms with E-state index in [-0.39, 0.29) is 5.91 Å². The molecule has 7 heteroatoms. The van der Waals surface area contributed by atoms with Crippen LogP contribution < -0.4 is 0 Å². The van der Waals surface area contributed by atoms with Gasteiger partial charge in [0.15, 0.2) is 15.4 Å². The van der Waals surface area contributed by atoms with Gasteiger partial charge in [0.25, 0.3) is 5.91 Å². The van der Waals surface area contributed by atoms with E-state index < -0.39 is 15.4 Å². The van der Waals surface area contributed by atoms with Gasteiger partial charge in [-0.3, -0.25) is 9.69 Å². The van der Waals surface area contributed by atoms with E-state index in [0.717, 1.165) is 12.1 Å². The molecule has 128 valence electrons. The van der Waals surface area contributed by atoms with Crippen molar-refractivity contribution >= 4 is 15.7 Å². The minimum Gasteiger partial charge on any atom is -0.363 e. The lowest BCUT2D eigenvalue weighted by Crippen LogP contribution is -2.57. The summed E-state index contributed by atoms with van der Waals surface area (Å²) in [6.07, 6.45) is 1.20. The number of nitrogens with zero attached hydrogens (tertiary/aromatic N) is 2. The minimum absolute atomic E-state index is 0.0466. The van der Waals surface area contributed by atoms with Crippen LogP contribution in [0.3, 0.4) is 0 Å². The highest BCUT2D eigenvalue weighted by Crippen LogP contribution is 2.21. The first-order valence-corrected chi connectivity index (χ1v) is 9.38. The summed E-state index contributed by atoms with van der Waals surface area (Å²) < 4.78 is 28.7. The zero-order valence-electron chi connectivity index (χ0n) is 14.1. The van der Waals surface area contributed by atoms with E-state index in [4.69, 9.17) is 4.74 Å². The van der Waals surface area contributed by atoms with Crippen molar-refractivity contribution in [1.29, 1.82) is 0 Å². The molecule has 6 nitrogen and oxygen atoms in total. The van der Waals surface area contributed by atoms with Crippen LogP contribution in [0.25, 0.3) is 0 Å². The Kier molecular flexibility index (Phi) is 5.13. The fourth-order valence-corrected chi connectivity index (χ4v) is 3.42. The van der Waals surface area contributed by atoms with E-state index in [0.29, 0.717) is 24.6 Å². The Hall–Kier alpha value is -1.44. The van der Waals surface area contributed by atoms with Gasteiger partial charge in [0, 0.05) is 40.0 Å². The summed E-state index contributed by atoms with van der Waals surface area (Å²) in [6, 6.07) is 6.87. The van der Waals surface area contributed by atoms with Crippen LogP contribution in [0.1, 0.15) is 12.5 Å². The molecule has 0 unspecified atom stereocenters. The molecule has 0 aliphatic carbocycles. The second kappa shape index (κ2) is 6.59. The maximum atomic E-state index is 12.3. The first-order valence-electron chi connectivity index (χ1n) is 7.49. The molecule has 1 heterocycles. The summed E-state index contributed by atoms with van der Waals surface area (Å²) in [4.78, 5) is 16.3. The Labute approximate surface area is 137 Å². The zero-order valence-corrected chi connectivity index (χ0v) is 14.9. The van der Waals surface area contributed by atoms with Crippen LogP contribution in [0, 0.1) is 0 Å². The van der Waals surface area contributed by atoms with Crippen molar-refractivity contribution < 1.29 is 17.9 Å². The van der Waals surface area contributed by atoms with Crippen LogP contribution in [0.4, 0.5) is 0 Å². The normalized spacial score (nSPS) is 22.8. The third-order valence-corrected chi connectivity index (χ3v) is 5.10. The Morgan fingerprint density at radius 2 is 1.91 bits per heavy atom. The average molecular weight is 340 g/mol. The van der Waals surface area contributed by atoms with Crippen LogP contribution in [-0.4, -0.2) is 69.8 Å². The van der Waals surface area contributed by atoms with Crippen molar-refractivity contribution in [3.8, 4) is 0 Å². The summed E-state index contributed by atoms with van der Waals surface area (Å²) >= 11 is 0. The molecule has 0 spiro atoms. The van der Waals surface area contributed by atoms with Gasteiger partial charge in [-0.05, 0) is 24.6 Å². The number of morpholine rings is 1. The second-order valence-corrected chi connectivity index (χ2v) is 8.42. The van der Waals surface area contributed by atoms with Gasteiger partial charge in [0.05, 0.1) is 11.5 Å². The fraction of sp³-hybridized carbons (Fsp3) is 0.562. The number of likely N-dealkylation sites (N-methyl/N-ethyl adjacent to an activating group) is 1. The topological polar surface area (TPSA) is 66.9 Å². The summed E-state index contributed by atoms with van der Waals surface area (Å²) in [5, 5.41) is 0. The van der Waals surface area contributed by atoms with Gasteiger partial charge in [-0.15, -0.1) is 0 Å². The smallest absolute Gasteiger partial charge is 0.255 e. The van der Waals surface area contributed by atoms with Crippen molar-refractivity contribution in [3.05, 3.63) is 29.8 Å². The third kappa shape index (κ3) is 4.31. The lowest BCUT2D eigenvalue weighted by molar-refractivity contribution is -0.165. The molecule has 1 saturated heterocycles. The van der Waals surface area contributed by atoms with Crippen molar-refractivity contribution in [2.24, 2.45) is 0 Å². The molecular weight excluding hydrogens is 316 g/mol. The summed E-state index contributed by atoms with van der Waals surface area (Å²) in [5.74, 6) is -0.0466. The molecule has 2 rings (SSSR count). The number of hydrogen-bond donors (Lipinski definition) is 0. The van der Waals surface area contributed by atoms with Gasteiger partial charge in [-0.25, -0.2) is 8.42 Å². The Morgan fingerprint density at radius 3 is 2.43 bits per heavy atom. The molecule has 1 atom stereocenters. The van der Waals surface area contributed by atoms with E-state index in [1.807, 2.05) is 19.1 Å². The van der Waals surface area contributed by atoms with Crippen LogP contribution in [0.2, 0.25) is 0 Å². The third-order valence-electron chi connectivity index (χ3n) is 3.97. The molecule has 1 aromatic carbocycles. The van der Waals surface area contributed by atoms with Crippen molar-refractivity contribution in [2.45, 2.75) is 24.0 Å². The molecule has 0 bridgehead atoms. The lowest BCUT2D eigenvalue weighted by atomic mass is 10.0. The van der Waals surface area contributed by atoms with E-state index in [1.54, 1.807) is 31.1 Å². The van der Waals surface area contributed by atoms with E-state index in [1.165, 1.54) is 6.26 Å². The van der Waals surface area contributed by atoms with E-state index in [2.05, 4.69) is 4.90 Å². The predicted molar refractivity (Wildman–Crippen MR) is 87.9 cm³/mol. The van der Waals surface area contributed by atoms with Gasteiger partial charge < -0.3 is 9.64 Å². The number of hydrogen-bond acceptors (Lipinski definition) is 5. The fourth-order valence-electron chi connectivity index (χ4n) is 2.79. The maximum absolute atomic E-state index is 12.3. The monoisotopic (exact) mass is 340 g/mol. The van der Waals surface area contributed by atoms with Gasteiger partial charge in [0.1, 0.15) is 0 Å². The standard InChI is InChI=1S/C16H24N2O4S/c1-16(15(19)17(2)3)12-18(9-10-22-16)11-13-5-7-14(8-6-13)23(4,20)21/h5-8H,9-12H2,1-4H3/t16-/m1/s1. The minimum atomic E-state index is -3.18. The number of carbonyl (C=O) groups is 1. The molecular formula is C16H24N2O4S. The summed E-state index contributed by atoms with van der Waals surface area (Å²) in [5.41, 5.74) is 0.174. The van der Waals surface area contributed by atoms with E-state index in [9.17, 15) is 13.2 Å². The van der Waals surface area contributed by atoms with Crippen LogP contribution in [0.15, 0.2) is 29.2 Å². The van der Waals surface area contributed by atoms with Crippen molar-refractivity contribution in [1.82, 2.24) is 9.80 Å². The summed E-state index contributed by atoms with van der Waals surface area (Å²) in [7, 11) is 0.268. The van der Waals surface area contributed by atoms with Crippen LogP contribution >= 0.6 is 0 Å². The first kappa shape index (κ1) is 17.9. The highest BCUT2D eigenvalue weighted by molar-refractivity contribution is 7.90. The molecule has 1 aliphatic rings. The molecule has 23 heavy (non-hydrogen) atoms. The second-order valence-electron chi connectivity index (χ2n) is 6.41. The molecule has 0 saturated carbocycles. The molecule has 0 N–H and O–H groups in total. The molecule has 0 aromatic heterocycles. The van der Waals surface area contributed by atoms with Gasteiger partial charge in [-0.2, -0.15) is 0 Å². The van der Waals surface area contributed by atoms with Crippen LogP contribution in [-0.2, 0) is 25.9 Å². The van der Waals surface area contributed by atoms with E-state index >= 15 is 0 Å². The van der Waals surface area contributed by atoms with Gasteiger partial charge in [0.2, 0.25) is 0 Å². The predicted octanol–water partition coefficient (Wildman–Crippen LogP) is 0.769. The average Bonchev–Trinajstić information content (AvgIpc) is 2.46. The zero-order chi connectivity index (χ0) is 17.3. The number of rotatable bonds is 4. The number of amides is 1. The molecule has 1 amide bonds.